The summed E-state index contributed by atoms with van der Waals surface area (Å²) in [6.45, 7) is 3.81. The van der Waals surface area contributed by atoms with Gasteiger partial charge in [-0.3, -0.25) is 0 Å². The third kappa shape index (κ3) is 4.01. The van der Waals surface area contributed by atoms with Gasteiger partial charge in [0.25, 0.3) is 10.0 Å². The number of nitrogens with one attached hydrogen (secondary N) is 1. The summed E-state index contributed by atoms with van der Waals surface area (Å²) in [6, 6.07) is 9.70. The summed E-state index contributed by atoms with van der Waals surface area (Å²) in [4.78, 5) is 0. The van der Waals surface area contributed by atoms with Crippen LogP contribution in [0, 0.1) is 0 Å². The van der Waals surface area contributed by atoms with Crippen LogP contribution >= 0.6 is 23.7 Å². The number of hydrogen-bond donors (Lipinski definition) is 1. The summed E-state index contributed by atoms with van der Waals surface area (Å²) >= 11 is 1.20. The molecular formula is C17H23ClN2O3S2. The van der Waals surface area contributed by atoms with Gasteiger partial charge < -0.3 is 10.1 Å². The number of aryl methyl sites for hydroxylation is 1. The number of sulfonamides is 1. The van der Waals surface area contributed by atoms with E-state index < -0.39 is 10.0 Å². The molecule has 0 spiro atoms. The fourth-order valence-electron chi connectivity index (χ4n) is 2.96. The highest BCUT2D eigenvalue weighted by molar-refractivity contribution is 7.91. The molecule has 2 heterocycles. The van der Waals surface area contributed by atoms with Crippen LogP contribution in [0.4, 0.5) is 0 Å². The standard InChI is InChI=1S/C17H22N2O3S2.ClH/c1-3-13-4-6-14(7-5-13)15-12-18-9-10-19(15)24(20,21)17-16(22-2)8-11-23-17;/h4-8,11,15,18H,3,9-10,12H2,1-2H3;1H. The minimum atomic E-state index is -3.59. The van der Waals surface area contributed by atoms with Crippen molar-refractivity contribution in [2.45, 2.75) is 23.6 Å². The van der Waals surface area contributed by atoms with E-state index >= 15 is 0 Å². The van der Waals surface area contributed by atoms with Gasteiger partial charge in [-0.2, -0.15) is 4.31 Å². The zero-order valence-electron chi connectivity index (χ0n) is 14.3. The molecule has 3 rings (SSSR count). The van der Waals surface area contributed by atoms with E-state index in [0.29, 0.717) is 25.4 Å². The van der Waals surface area contributed by atoms with Gasteiger partial charge in [-0.1, -0.05) is 31.2 Å². The SMILES string of the molecule is CCc1ccc(C2CNCCN2S(=O)(=O)c2sccc2OC)cc1.Cl. The molecule has 5 nitrogen and oxygen atoms in total. The van der Waals surface area contributed by atoms with Crippen LogP contribution in [0.1, 0.15) is 24.1 Å². The predicted octanol–water partition coefficient (Wildman–Crippen LogP) is 3.08. The molecule has 0 radical (unpaired) electrons. The molecule has 1 fully saturated rings. The number of halogens is 1. The molecule has 1 aromatic carbocycles. The summed E-state index contributed by atoms with van der Waals surface area (Å²) in [6.07, 6.45) is 0.970. The molecule has 1 atom stereocenters. The topological polar surface area (TPSA) is 58.6 Å². The Hall–Kier alpha value is -1.12. The highest BCUT2D eigenvalue weighted by atomic mass is 35.5. The van der Waals surface area contributed by atoms with Gasteiger partial charge in [-0.15, -0.1) is 23.7 Å². The number of hydrogen-bond acceptors (Lipinski definition) is 5. The van der Waals surface area contributed by atoms with E-state index in [2.05, 4.69) is 24.4 Å². The van der Waals surface area contributed by atoms with E-state index in [1.807, 2.05) is 12.1 Å². The van der Waals surface area contributed by atoms with Crippen LogP contribution < -0.4 is 10.1 Å². The molecule has 2 aromatic rings. The molecule has 0 saturated carbocycles. The van der Waals surface area contributed by atoms with E-state index in [0.717, 1.165) is 12.0 Å². The maximum Gasteiger partial charge on any atom is 0.256 e. The normalized spacial score (nSPS) is 18.6. The second-order valence-electron chi connectivity index (χ2n) is 5.71. The van der Waals surface area contributed by atoms with Crippen LogP contribution in [0.5, 0.6) is 5.75 Å². The number of benzene rings is 1. The molecule has 0 amide bonds. The minimum absolute atomic E-state index is 0. The Kier molecular flexibility index (Phi) is 6.87. The highest BCUT2D eigenvalue weighted by Gasteiger charge is 2.36. The molecule has 1 unspecified atom stereocenters. The Bertz CT molecular complexity index is 790. The first-order valence-electron chi connectivity index (χ1n) is 8.00. The van der Waals surface area contributed by atoms with Crippen molar-refractivity contribution in [1.29, 1.82) is 0 Å². The number of ether oxygens (including phenoxy) is 1. The summed E-state index contributed by atoms with van der Waals surface area (Å²) in [5, 5.41) is 5.05. The van der Waals surface area contributed by atoms with Crippen molar-refractivity contribution in [1.82, 2.24) is 9.62 Å². The van der Waals surface area contributed by atoms with Crippen molar-refractivity contribution in [3.63, 3.8) is 0 Å². The van der Waals surface area contributed by atoms with Gasteiger partial charge in [0.1, 0.15) is 5.75 Å². The molecule has 1 aliphatic rings. The van der Waals surface area contributed by atoms with E-state index in [1.54, 1.807) is 15.8 Å². The van der Waals surface area contributed by atoms with E-state index in [9.17, 15) is 8.42 Å². The molecule has 0 bridgehead atoms. The molecule has 1 aromatic heterocycles. The average Bonchev–Trinajstić information content (AvgIpc) is 3.11. The number of rotatable bonds is 5. The lowest BCUT2D eigenvalue weighted by molar-refractivity contribution is 0.271. The van der Waals surface area contributed by atoms with Gasteiger partial charge in [-0.25, -0.2) is 8.42 Å². The van der Waals surface area contributed by atoms with Crippen LogP contribution in [-0.4, -0.2) is 39.5 Å². The Labute approximate surface area is 159 Å². The predicted molar refractivity (Wildman–Crippen MR) is 103 cm³/mol. The Morgan fingerprint density at radius 2 is 2.00 bits per heavy atom. The van der Waals surface area contributed by atoms with Crippen LogP contribution in [0.2, 0.25) is 0 Å². The van der Waals surface area contributed by atoms with Crippen molar-refractivity contribution >= 4 is 33.8 Å². The molecule has 1 aliphatic heterocycles. The monoisotopic (exact) mass is 402 g/mol. The second-order valence-corrected chi connectivity index (χ2v) is 8.71. The lowest BCUT2D eigenvalue weighted by atomic mass is 10.0. The minimum Gasteiger partial charge on any atom is -0.494 e. The van der Waals surface area contributed by atoms with Crippen molar-refractivity contribution in [3.8, 4) is 5.75 Å². The molecule has 8 heteroatoms. The zero-order chi connectivity index (χ0) is 17.2. The van der Waals surface area contributed by atoms with Gasteiger partial charge >= 0.3 is 0 Å². The highest BCUT2D eigenvalue weighted by Crippen LogP contribution is 2.36. The van der Waals surface area contributed by atoms with E-state index in [4.69, 9.17) is 4.74 Å². The maximum atomic E-state index is 13.2. The lowest BCUT2D eigenvalue weighted by Gasteiger charge is -2.35. The Morgan fingerprint density at radius 1 is 1.28 bits per heavy atom. The maximum absolute atomic E-state index is 13.2. The van der Waals surface area contributed by atoms with Crippen molar-refractivity contribution in [2.24, 2.45) is 0 Å². The molecular weight excluding hydrogens is 380 g/mol. The first-order valence-corrected chi connectivity index (χ1v) is 10.3. The number of methoxy groups -OCH3 is 1. The first-order chi connectivity index (χ1) is 11.6. The molecule has 1 saturated heterocycles. The van der Waals surface area contributed by atoms with Crippen LogP contribution in [0.3, 0.4) is 0 Å². The van der Waals surface area contributed by atoms with Gasteiger partial charge in [0.15, 0.2) is 4.21 Å². The summed E-state index contributed by atoms with van der Waals surface area (Å²) in [5.74, 6) is 0.415. The van der Waals surface area contributed by atoms with Crippen molar-refractivity contribution in [3.05, 3.63) is 46.8 Å². The van der Waals surface area contributed by atoms with Gasteiger partial charge in [0.05, 0.1) is 13.2 Å². The van der Waals surface area contributed by atoms with Crippen LogP contribution in [0.25, 0.3) is 0 Å². The molecule has 1 N–H and O–H groups in total. The average molecular weight is 403 g/mol. The number of piperazine rings is 1. The zero-order valence-corrected chi connectivity index (χ0v) is 16.7. The van der Waals surface area contributed by atoms with Gasteiger partial charge in [0.2, 0.25) is 0 Å². The fourth-order valence-corrected chi connectivity index (χ4v) is 5.97. The second kappa shape index (κ2) is 8.51. The van der Waals surface area contributed by atoms with E-state index in [1.165, 1.54) is 24.0 Å². The first kappa shape index (κ1) is 20.2. The van der Waals surface area contributed by atoms with Crippen LogP contribution in [-0.2, 0) is 16.4 Å². The van der Waals surface area contributed by atoms with E-state index in [-0.39, 0.29) is 22.7 Å². The summed E-state index contributed by atoms with van der Waals surface area (Å²) < 4.78 is 33.4. The number of thiophene rings is 1. The van der Waals surface area contributed by atoms with Gasteiger partial charge in [0, 0.05) is 19.6 Å². The molecule has 25 heavy (non-hydrogen) atoms. The number of nitrogens with zero attached hydrogens (tertiary/aromatic N) is 1. The van der Waals surface area contributed by atoms with Gasteiger partial charge in [-0.05, 0) is 29.0 Å². The third-order valence-electron chi connectivity index (χ3n) is 4.33. The van der Waals surface area contributed by atoms with Crippen molar-refractivity contribution < 1.29 is 13.2 Å². The lowest BCUT2D eigenvalue weighted by Crippen LogP contribution is -2.48. The smallest absolute Gasteiger partial charge is 0.256 e. The largest absolute Gasteiger partial charge is 0.494 e. The summed E-state index contributed by atoms with van der Waals surface area (Å²) in [5.41, 5.74) is 2.26. The quantitative estimate of drug-likeness (QED) is 0.834. The Balaban J connectivity index is 0.00000225. The fraction of sp³-hybridized carbons (Fsp3) is 0.412. The third-order valence-corrected chi connectivity index (χ3v) is 7.66. The molecule has 0 aliphatic carbocycles. The van der Waals surface area contributed by atoms with Crippen molar-refractivity contribution in [2.75, 3.05) is 26.7 Å². The summed E-state index contributed by atoms with van der Waals surface area (Å²) in [7, 11) is -2.09. The molecule has 138 valence electrons. The van der Waals surface area contributed by atoms with Crippen LogP contribution in [0.15, 0.2) is 39.9 Å². The Morgan fingerprint density at radius 3 is 2.64 bits per heavy atom.